The van der Waals surface area contributed by atoms with Gasteiger partial charge in [-0.05, 0) is 50.7 Å². The van der Waals surface area contributed by atoms with Crippen LogP contribution < -0.4 is 10.7 Å². The van der Waals surface area contributed by atoms with E-state index in [1.165, 1.54) is 50.8 Å². The minimum atomic E-state index is -0.837. The first-order valence-corrected chi connectivity index (χ1v) is 17.6. The maximum Gasteiger partial charge on any atom is 0.356 e. The van der Waals surface area contributed by atoms with Crippen LogP contribution in [-0.2, 0) is 25.7 Å². The smallest absolute Gasteiger partial charge is 0.356 e. The summed E-state index contributed by atoms with van der Waals surface area (Å²) in [6.07, 6.45) is 2.37. The van der Waals surface area contributed by atoms with Crippen molar-refractivity contribution in [3.8, 4) is 0 Å². The van der Waals surface area contributed by atoms with E-state index in [9.17, 15) is 19.2 Å². The molecular weight excluding hydrogens is 669 g/mol. The molecule has 1 fully saturated rings. The first-order chi connectivity index (χ1) is 23.5. The van der Waals surface area contributed by atoms with Crippen molar-refractivity contribution in [3.63, 3.8) is 0 Å². The van der Waals surface area contributed by atoms with Crippen LogP contribution in [0.1, 0.15) is 17.2 Å². The topological polar surface area (TPSA) is 136 Å². The summed E-state index contributed by atoms with van der Waals surface area (Å²) in [4.78, 5) is 54.6. The Morgan fingerprint density at radius 3 is 2.42 bits per heavy atom. The number of ether oxygens (including phenoxy) is 1. The van der Waals surface area contributed by atoms with Gasteiger partial charge in [0.25, 0.3) is 5.91 Å². The molecule has 48 heavy (non-hydrogen) atoms. The molecule has 0 saturated carbocycles. The predicted octanol–water partition coefficient (Wildman–Crippen LogP) is 4.54. The molecule has 14 heteroatoms. The number of nitrogens with one attached hydrogen (secondary N) is 1. The molecule has 2 aliphatic heterocycles. The van der Waals surface area contributed by atoms with Crippen molar-refractivity contribution in [2.24, 2.45) is 0 Å². The lowest BCUT2D eigenvalue weighted by Gasteiger charge is -2.49. The highest BCUT2D eigenvalue weighted by Crippen LogP contribution is 2.42. The number of tetrazole rings is 1. The first kappa shape index (κ1) is 31.5. The van der Waals surface area contributed by atoms with Crippen LogP contribution >= 0.6 is 34.9 Å². The second-order valence-corrected chi connectivity index (χ2v) is 14.2. The zero-order valence-corrected chi connectivity index (χ0v) is 27.5. The van der Waals surface area contributed by atoms with Gasteiger partial charge >= 0.3 is 5.97 Å². The Morgan fingerprint density at radius 1 is 1.00 bits per heavy atom. The minimum absolute atomic E-state index is 0.0630. The zero-order chi connectivity index (χ0) is 33.0. The summed E-state index contributed by atoms with van der Waals surface area (Å²) in [5, 5.41) is 15.5. The van der Waals surface area contributed by atoms with Crippen molar-refractivity contribution >= 4 is 62.7 Å². The highest BCUT2D eigenvalue weighted by molar-refractivity contribution is 8.04. The monoisotopic (exact) mass is 694 g/mol. The van der Waals surface area contributed by atoms with Crippen LogP contribution in [-0.4, -0.2) is 60.1 Å². The van der Waals surface area contributed by atoms with E-state index in [4.69, 9.17) is 4.74 Å². The van der Waals surface area contributed by atoms with Crippen molar-refractivity contribution in [2.75, 3.05) is 5.75 Å². The summed E-state index contributed by atoms with van der Waals surface area (Å²) in [7, 11) is 0. The number of carbonyl (C=O) groups is 3. The number of esters is 1. The van der Waals surface area contributed by atoms with E-state index in [2.05, 4.69) is 20.8 Å². The van der Waals surface area contributed by atoms with Crippen LogP contribution in [0.2, 0.25) is 0 Å². The van der Waals surface area contributed by atoms with Gasteiger partial charge in [-0.1, -0.05) is 84.6 Å². The zero-order valence-electron chi connectivity index (χ0n) is 25.0. The molecule has 240 valence electrons. The highest BCUT2D eigenvalue weighted by atomic mass is 32.2. The number of allylic oxidation sites excluding steroid dienone is 1. The predicted molar refractivity (Wildman–Crippen MR) is 184 cm³/mol. The van der Waals surface area contributed by atoms with Crippen LogP contribution in [0.15, 0.2) is 129 Å². The average molecular weight is 695 g/mol. The van der Waals surface area contributed by atoms with Gasteiger partial charge in [-0.15, -0.1) is 28.2 Å². The third kappa shape index (κ3) is 6.54. The molecule has 11 nitrogen and oxygen atoms in total. The second kappa shape index (κ2) is 14.0. The molecule has 2 aliphatic rings. The number of nitrogens with zero attached hydrogens (tertiary/aromatic N) is 5. The normalized spacial score (nSPS) is 17.4. The van der Waals surface area contributed by atoms with Crippen LogP contribution in [0, 0.1) is 0 Å². The molecule has 7 rings (SSSR count). The SMILES string of the molecule is O=C(Cn1cnnn1)NC1C(=O)N2C(C(=O)OC(c3ccccc3)c3ccccc3)=C(C=CSc3cc(=O)c4ccccc4s3)CS[C@H]12. The minimum Gasteiger partial charge on any atom is -0.448 e. The number of hydrogen-bond acceptors (Lipinski definition) is 11. The summed E-state index contributed by atoms with van der Waals surface area (Å²) in [6, 6.07) is 27.0. The second-order valence-electron chi connectivity index (χ2n) is 10.8. The van der Waals surface area contributed by atoms with Gasteiger partial charge in [-0.25, -0.2) is 9.48 Å². The molecule has 0 radical (unpaired) electrons. The van der Waals surface area contributed by atoms with Gasteiger partial charge in [-0.2, -0.15) is 0 Å². The van der Waals surface area contributed by atoms with Crippen molar-refractivity contribution in [1.82, 2.24) is 30.4 Å². The van der Waals surface area contributed by atoms with Crippen LogP contribution in [0.5, 0.6) is 0 Å². The highest BCUT2D eigenvalue weighted by Gasteiger charge is 2.54. The Kier molecular flexibility index (Phi) is 9.18. The van der Waals surface area contributed by atoms with Gasteiger partial charge in [0.15, 0.2) is 11.5 Å². The lowest BCUT2D eigenvalue weighted by molar-refractivity contribution is -0.154. The molecule has 0 spiro atoms. The van der Waals surface area contributed by atoms with Crippen LogP contribution in [0.3, 0.4) is 0 Å². The Labute approximate surface area is 286 Å². The molecule has 0 bridgehead atoms. The largest absolute Gasteiger partial charge is 0.448 e. The lowest BCUT2D eigenvalue weighted by Crippen LogP contribution is -2.70. The Hall–Kier alpha value is -5.05. The third-order valence-corrected chi connectivity index (χ3v) is 11.1. The average Bonchev–Trinajstić information content (AvgIpc) is 3.63. The number of β-lactam (4-membered cyclic amide) rings is 1. The van der Waals surface area contributed by atoms with Gasteiger partial charge in [0.1, 0.15) is 30.0 Å². The first-order valence-electron chi connectivity index (χ1n) is 14.8. The van der Waals surface area contributed by atoms with Gasteiger partial charge < -0.3 is 10.1 Å². The molecule has 1 unspecified atom stereocenters. The van der Waals surface area contributed by atoms with E-state index in [0.29, 0.717) is 16.7 Å². The van der Waals surface area contributed by atoms with Crippen LogP contribution in [0.25, 0.3) is 10.1 Å². The molecule has 2 atom stereocenters. The standard InChI is InChI=1S/C34H26N6O5S3/c41-25-17-28(48-26-14-8-7-13-24(25)26)46-16-15-23-19-47-33-29(36-27(42)18-39-20-35-37-38-39)32(43)40(33)30(23)34(44)45-31(21-9-3-1-4-10-21)22-11-5-2-6-12-22/h1-17,20,29,31,33H,18-19H2,(H,36,42)/t29?,33-/m1/s1. The van der Waals surface area contributed by atoms with Gasteiger partial charge in [0.2, 0.25) is 5.91 Å². The quantitative estimate of drug-likeness (QED) is 0.126. The molecule has 1 saturated heterocycles. The Bertz CT molecular complexity index is 2060. The lowest BCUT2D eigenvalue weighted by atomic mass is 10.0. The maximum absolute atomic E-state index is 14.2. The molecule has 4 heterocycles. The summed E-state index contributed by atoms with van der Waals surface area (Å²) in [5.41, 5.74) is 2.21. The number of fused-ring (bicyclic) bond motifs is 2. The number of thioether (sulfide) groups is 2. The fourth-order valence-corrected chi connectivity index (χ4v) is 8.75. The number of hydrogen-bond donors (Lipinski definition) is 1. The van der Waals surface area contributed by atoms with E-state index >= 15 is 0 Å². The maximum atomic E-state index is 14.2. The number of amides is 2. The van der Waals surface area contributed by atoms with Crippen LogP contribution in [0.4, 0.5) is 0 Å². The fraction of sp³-hybridized carbons (Fsp3) is 0.147. The van der Waals surface area contributed by atoms with Crippen molar-refractivity contribution in [3.05, 3.63) is 141 Å². The van der Waals surface area contributed by atoms with E-state index in [-0.39, 0.29) is 17.7 Å². The molecule has 5 aromatic rings. The van der Waals surface area contributed by atoms with Crippen molar-refractivity contribution in [1.29, 1.82) is 0 Å². The number of carbonyl (C=O) groups excluding carboxylic acids is 3. The Balaban J connectivity index is 1.18. The van der Waals surface area contributed by atoms with Crippen molar-refractivity contribution in [2.45, 2.75) is 28.3 Å². The fourth-order valence-electron chi connectivity index (χ4n) is 5.45. The number of rotatable bonds is 10. The van der Waals surface area contributed by atoms with E-state index < -0.39 is 35.3 Å². The molecule has 2 aromatic heterocycles. The third-order valence-electron chi connectivity index (χ3n) is 7.70. The van der Waals surface area contributed by atoms with E-state index in [1.807, 2.05) is 84.3 Å². The molecule has 2 amide bonds. The van der Waals surface area contributed by atoms with Gasteiger partial charge in [-0.3, -0.25) is 19.3 Å². The summed E-state index contributed by atoms with van der Waals surface area (Å²) >= 11 is 4.29. The Morgan fingerprint density at radius 2 is 1.71 bits per heavy atom. The summed E-state index contributed by atoms with van der Waals surface area (Å²) < 4.78 is 9.15. The summed E-state index contributed by atoms with van der Waals surface area (Å²) in [6.45, 7) is -0.152. The molecular formula is C34H26N6O5S3. The van der Waals surface area contributed by atoms with E-state index in [0.717, 1.165) is 20.0 Å². The number of benzene rings is 3. The summed E-state index contributed by atoms with van der Waals surface area (Å²) in [5.74, 6) is -1.14. The van der Waals surface area contributed by atoms with E-state index in [1.54, 1.807) is 18.2 Å². The molecule has 3 aromatic carbocycles. The number of aromatic nitrogens is 4. The molecule has 0 aliphatic carbocycles. The molecule has 1 N–H and O–H groups in total. The van der Waals surface area contributed by atoms with Crippen molar-refractivity contribution < 1.29 is 19.1 Å². The van der Waals surface area contributed by atoms with Gasteiger partial charge in [0, 0.05) is 21.9 Å². The van der Waals surface area contributed by atoms with Gasteiger partial charge in [0.05, 0.1) is 4.21 Å².